The van der Waals surface area contributed by atoms with Crippen molar-refractivity contribution in [3.05, 3.63) is 58.1 Å². The molecule has 0 spiro atoms. The van der Waals surface area contributed by atoms with Crippen LogP contribution in [0.5, 0.6) is 0 Å². The summed E-state index contributed by atoms with van der Waals surface area (Å²) < 4.78 is 10.1. The third-order valence-electron chi connectivity index (χ3n) is 5.73. The Bertz CT molecular complexity index is 1020. The predicted octanol–water partition coefficient (Wildman–Crippen LogP) is 2.59. The van der Waals surface area contributed by atoms with Crippen LogP contribution in [0, 0.1) is 10.1 Å². The second-order valence-electron chi connectivity index (χ2n) is 8.00. The first kappa shape index (κ1) is 25.9. The smallest absolute Gasteiger partial charge is 0.341 e. The Kier molecular flexibility index (Phi) is 9.39. The van der Waals surface area contributed by atoms with Crippen molar-refractivity contribution in [2.45, 2.75) is 6.92 Å². The lowest BCUT2D eigenvalue weighted by atomic mass is 10.1. The number of amides is 1. The number of esters is 1. The zero-order valence-electron chi connectivity index (χ0n) is 20.0. The predicted molar refractivity (Wildman–Crippen MR) is 133 cm³/mol. The van der Waals surface area contributed by atoms with Crippen LogP contribution in [-0.2, 0) is 14.3 Å². The minimum atomic E-state index is -0.842. The lowest BCUT2D eigenvalue weighted by Crippen LogP contribution is -2.46. The van der Waals surface area contributed by atoms with E-state index < -0.39 is 23.4 Å². The number of hydrogen-bond acceptors (Lipinski definition) is 9. The standard InChI is InChI=1S/C24H31N5O6/c1-3-27-11-13-28(14-12-27)19-6-4-18(5-7-19)26-23(30)17-35-24(31)21-16-20(29(32)33)8-9-22(21)25-10-15-34-2/h4-9,16,25H,3,10-15,17H2,1-2H3,(H,26,30). The highest BCUT2D eigenvalue weighted by atomic mass is 16.6. The topological polar surface area (TPSA) is 126 Å². The molecule has 1 amide bonds. The summed E-state index contributed by atoms with van der Waals surface area (Å²) >= 11 is 0. The lowest BCUT2D eigenvalue weighted by molar-refractivity contribution is -0.384. The van der Waals surface area contributed by atoms with E-state index >= 15 is 0 Å². The molecule has 0 bridgehead atoms. The lowest BCUT2D eigenvalue weighted by Gasteiger charge is -2.35. The highest BCUT2D eigenvalue weighted by Crippen LogP contribution is 2.23. The third-order valence-corrected chi connectivity index (χ3v) is 5.73. The van der Waals surface area contributed by atoms with Gasteiger partial charge in [-0.2, -0.15) is 0 Å². The Labute approximate surface area is 204 Å². The number of nitrogens with one attached hydrogen (secondary N) is 2. The number of ether oxygens (including phenoxy) is 2. The third kappa shape index (κ3) is 7.39. The van der Waals surface area contributed by atoms with Crippen LogP contribution in [0.2, 0.25) is 0 Å². The van der Waals surface area contributed by atoms with Gasteiger partial charge in [-0.3, -0.25) is 14.9 Å². The molecule has 35 heavy (non-hydrogen) atoms. The van der Waals surface area contributed by atoms with E-state index in [9.17, 15) is 19.7 Å². The average molecular weight is 486 g/mol. The van der Waals surface area contributed by atoms with Gasteiger partial charge in [-0.15, -0.1) is 0 Å². The number of piperazine rings is 1. The van der Waals surface area contributed by atoms with E-state index in [0.717, 1.165) is 44.5 Å². The van der Waals surface area contributed by atoms with Crippen molar-refractivity contribution in [3.63, 3.8) is 0 Å². The quantitative estimate of drug-likeness (QED) is 0.214. The van der Waals surface area contributed by atoms with Gasteiger partial charge in [0.05, 0.1) is 17.1 Å². The molecule has 1 saturated heterocycles. The summed E-state index contributed by atoms with van der Waals surface area (Å²) in [6.07, 6.45) is 0. The number of nitrogens with zero attached hydrogens (tertiary/aromatic N) is 3. The van der Waals surface area contributed by atoms with Crippen LogP contribution in [-0.4, -0.2) is 81.3 Å². The fraction of sp³-hybridized carbons (Fsp3) is 0.417. The number of nitro groups is 1. The highest BCUT2D eigenvalue weighted by molar-refractivity contribution is 5.99. The second kappa shape index (κ2) is 12.7. The number of methoxy groups -OCH3 is 1. The van der Waals surface area contributed by atoms with Gasteiger partial charge in [-0.1, -0.05) is 6.92 Å². The molecular formula is C24H31N5O6. The summed E-state index contributed by atoms with van der Waals surface area (Å²) in [6, 6.07) is 11.3. The molecule has 1 fully saturated rings. The number of rotatable bonds is 11. The van der Waals surface area contributed by atoms with E-state index in [-0.39, 0.29) is 11.3 Å². The fourth-order valence-electron chi connectivity index (χ4n) is 3.74. The number of carbonyl (C=O) groups excluding carboxylic acids is 2. The van der Waals surface area contributed by atoms with Gasteiger partial charge < -0.3 is 29.9 Å². The van der Waals surface area contributed by atoms with Crippen molar-refractivity contribution in [1.82, 2.24) is 4.90 Å². The zero-order valence-corrected chi connectivity index (χ0v) is 20.0. The largest absolute Gasteiger partial charge is 0.452 e. The normalized spacial score (nSPS) is 13.8. The first-order chi connectivity index (χ1) is 16.9. The van der Waals surface area contributed by atoms with E-state index in [1.54, 1.807) is 12.1 Å². The molecule has 2 aromatic carbocycles. The molecule has 1 aliphatic rings. The average Bonchev–Trinajstić information content (AvgIpc) is 2.88. The van der Waals surface area contributed by atoms with Crippen LogP contribution in [0.25, 0.3) is 0 Å². The van der Waals surface area contributed by atoms with Gasteiger partial charge in [0, 0.05) is 69.0 Å². The van der Waals surface area contributed by atoms with E-state index in [1.807, 2.05) is 12.1 Å². The SMILES string of the molecule is CCN1CCN(c2ccc(NC(=O)COC(=O)c3cc([N+](=O)[O-])ccc3NCCOC)cc2)CC1. The van der Waals surface area contributed by atoms with Crippen molar-refractivity contribution in [2.75, 3.05) is 75.1 Å². The van der Waals surface area contributed by atoms with E-state index in [2.05, 4.69) is 27.4 Å². The molecule has 2 aromatic rings. The number of carbonyl (C=O) groups is 2. The Morgan fingerprint density at radius 1 is 1.09 bits per heavy atom. The molecule has 11 nitrogen and oxygen atoms in total. The number of likely N-dealkylation sites (N-methyl/N-ethyl adjacent to an activating group) is 1. The second-order valence-corrected chi connectivity index (χ2v) is 8.00. The summed E-state index contributed by atoms with van der Waals surface area (Å²) in [5.74, 6) is -1.35. The molecule has 0 aromatic heterocycles. The summed E-state index contributed by atoms with van der Waals surface area (Å²) in [4.78, 5) is 40.1. The molecule has 2 N–H and O–H groups in total. The van der Waals surface area contributed by atoms with Gasteiger partial charge >= 0.3 is 5.97 Å². The number of non-ortho nitro benzene ring substituents is 1. The molecule has 188 valence electrons. The highest BCUT2D eigenvalue weighted by Gasteiger charge is 2.19. The Morgan fingerprint density at radius 2 is 1.80 bits per heavy atom. The maximum atomic E-state index is 12.6. The van der Waals surface area contributed by atoms with Gasteiger partial charge in [0.1, 0.15) is 0 Å². The van der Waals surface area contributed by atoms with Crippen molar-refractivity contribution in [1.29, 1.82) is 0 Å². The van der Waals surface area contributed by atoms with E-state index in [4.69, 9.17) is 9.47 Å². The fourth-order valence-corrected chi connectivity index (χ4v) is 3.74. The first-order valence-electron chi connectivity index (χ1n) is 11.5. The van der Waals surface area contributed by atoms with Crippen LogP contribution < -0.4 is 15.5 Å². The molecular weight excluding hydrogens is 454 g/mol. The first-order valence-corrected chi connectivity index (χ1v) is 11.5. The minimum absolute atomic E-state index is 0.0318. The van der Waals surface area contributed by atoms with Crippen LogP contribution in [0.15, 0.2) is 42.5 Å². The van der Waals surface area contributed by atoms with Gasteiger partial charge in [-0.25, -0.2) is 4.79 Å². The zero-order chi connectivity index (χ0) is 25.2. The summed E-state index contributed by atoms with van der Waals surface area (Å²) in [5, 5.41) is 16.8. The molecule has 0 atom stereocenters. The minimum Gasteiger partial charge on any atom is -0.452 e. The van der Waals surface area contributed by atoms with Gasteiger partial charge in [-0.05, 0) is 36.9 Å². The van der Waals surface area contributed by atoms with Gasteiger partial charge in [0.2, 0.25) is 0 Å². The maximum absolute atomic E-state index is 12.6. The van der Waals surface area contributed by atoms with Crippen LogP contribution >= 0.6 is 0 Å². The Hall–Kier alpha value is -3.70. The van der Waals surface area contributed by atoms with Crippen LogP contribution in [0.4, 0.5) is 22.7 Å². The Balaban J connectivity index is 1.55. The number of anilines is 3. The van der Waals surface area contributed by atoms with E-state index in [0.29, 0.717) is 24.5 Å². The molecule has 0 unspecified atom stereocenters. The molecule has 0 aliphatic carbocycles. The maximum Gasteiger partial charge on any atom is 0.341 e. The molecule has 0 saturated carbocycles. The number of hydrogen-bond donors (Lipinski definition) is 2. The van der Waals surface area contributed by atoms with E-state index in [1.165, 1.54) is 19.2 Å². The summed E-state index contributed by atoms with van der Waals surface area (Å²) in [7, 11) is 1.53. The molecule has 3 rings (SSSR count). The van der Waals surface area contributed by atoms with Crippen LogP contribution in [0.3, 0.4) is 0 Å². The summed E-state index contributed by atoms with van der Waals surface area (Å²) in [6.45, 7) is 7.40. The summed E-state index contributed by atoms with van der Waals surface area (Å²) in [5.41, 5.74) is 1.74. The van der Waals surface area contributed by atoms with Crippen LogP contribution in [0.1, 0.15) is 17.3 Å². The Morgan fingerprint density at radius 3 is 2.43 bits per heavy atom. The molecule has 1 aliphatic heterocycles. The monoisotopic (exact) mass is 485 g/mol. The van der Waals surface area contributed by atoms with Gasteiger partial charge in [0.25, 0.3) is 11.6 Å². The van der Waals surface area contributed by atoms with Crippen molar-refractivity contribution >= 4 is 34.6 Å². The van der Waals surface area contributed by atoms with Crippen molar-refractivity contribution < 1.29 is 24.0 Å². The van der Waals surface area contributed by atoms with Crippen molar-refractivity contribution in [3.8, 4) is 0 Å². The molecule has 1 heterocycles. The van der Waals surface area contributed by atoms with Crippen molar-refractivity contribution in [2.24, 2.45) is 0 Å². The molecule has 11 heteroatoms. The van der Waals surface area contributed by atoms with Gasteiger partial charge in [0.15, 0.2) is 6.61 Å². The number of benzene rings is 2. The number of nitro benzene ring substituents is 1. The molecule has 0 radical (unpaired) electrons.